The number of para-hydroxylation sites is 1. The highest BCUT2D eigenvalue weighted by Gasteiger charge is 2.18. The molecule has 0 aliphatic rings. The Bertz CT molecular complexity index is 554. The Morgan fingerprint density at radius 3 is 2.33 bits per heavy atom. The second-order valence-corrected chi connectivity index (χ2v) is 5.73. The smallest absolute Gasteiger partial charge is 0.127 e. The first-order valence-electron chi connectivity index (χ1n) is 7.33. The van der Waals surface area contributed by atoms with Crippen molar-refractivity contribution in [3.8, 4) is 11.5 Å². The van der Waals surface area contributed by atoms with Crippen molar-refractivity contribution in [2.45, 2.75) is 32.4 Å². The first kappa shape index (κ1) is 15.5. The normalized spacial score (nSPS) is 14.0. The quantitative estimate of drug-likeness (QED) is 0.846. The summed E-state index contributed by atoms with van der Waals surface area (Å²) >= 11 is 0. The standard InChI is InChI=1S/C18H23NO2/c1-13(2)11-17(19)18(20)14-7-6-10-16(12-14)21-15-8-4-3-5-9-15/h3-10,12-13,17-18,20H,11,19H2,1-2H3. The molecule has 2 aromatic rings. The van der Waals surface area contributed by atoms with E-state index in [1.165, 1.54) is 0 Å². The maximum atomic E-state index is 10.3. The fourth-order valence-corrected chi connectivity index (χ4v) is 2.31. The fourth-order valence-electron chi connectivity index (χ4n) is 2.31. The van der Waals surface area contributed by atoms with Gasteiger partial charge in [-0.15, -0.1) is 0 Å². The van der Waals surface area contributed by atoms with Gasteiger partial charge in [0.1, 0.15) is 11.5 Å². The molecule has 0 amide bonds. The van der Waals surface area contributed by atoms with Gasteiger partial charge in [0.2, 0.25) is 0 Å². The summed E-state index contributed by atoms with van der Waals surface area (Å²) in [4.78, 5) is 0. The number of hydrogen-bond acceptors (Lipinski definition) is 3. The van der Waals surface area contributed by atoms with Gasteiger partial charge in [0.25, 0.3) is 0 Å². The van der Waals surface area contributed by atoms with Crippen molar-refractivity contribution < 1.29 is 9.84 Å². The minimum Gasteiger partial charge on any atom is -0.457 e. The Morgan fingerprint density at radius 2 is 1.67 bits per heavy atom. The molecule has 0 aliphatic heterocycles. The van der Waals surface area contributed by atoms with Crippen LogP contribution >= 0.6 is 0 Å². The van der Waals surface area contributed by atoms with E-state index < -0.39 is 6.10 Å². The molecule has 3 heteroatoms. The molecule has 2 atom stereocenters. The van der Waals surface area contributed by atoms with Crippen LogP contribution in [0.15, 0.2) is 54.6 Å². The summed E-state index contributed by atoms with van der Waals surface area (Å²) in [6, 6.07) is 16.8. The predicted octanol–water partition coefficient (Wildman–Crippen LogP) is 3.89. The lowest BCUT2D eigenvalue weighted by Gasteiger charge is -2.21. The number of hydrogen-bond donors (Lipinski definition) is 2. The molecule has 0 saturated heterocycles. The second kappa shape index (κ2) is 7.25. The van der Waals surface area contributed by atoms with Crippen LogP contribution in [0.25, 0.3) is 0 Å². The van der Waals surface area contributed by atoms with Crippen LogP contribution in [0.3, 0.4) is 0 Å². The Hall–Kier alpha value is -1.84. The molecule has 0 radical (unpaired) electrons. The summed E-state index contributed by atoms with van der Waals surface area (Å²) < 4.78 is 5.78. The first-order chi connectivity index (χ1) is 10.1. The predicted molar refractivity (Wildman–Crippen MR) is 85.3 cm³/mol. The van der Waals surface area contributed by atoms with Crippen LogP contribution in [-0.2, 0) is 0 Å². The lowest BCUT2D eigenvalue weighted by molar-refractivity contribution is 0.135. The van der Waals surface area contributed by atoms with Gasteiger partial charge in [-0.25, -0.2) is 0 Å². The molecule has 2 rings (SSSR count). The Balaban J connectivity index is 2.10. The Morgan fingerprint density at radius 1 is 1.00 bits per heavy atom. The van der Waals surface area contributed by atoms with Gasteiger partial charge in [-0.1, -0.05) is 44.2 Å². The van der Waals surface area contributed by atoms with E-state index in [1.807, 2.05) is 54.6 Å². The van der Waals surface area contributed by atoms with E-state index in [1.54, 1.807) is 0 Å². The molecule has 0 spiro atoms. The maximum Gasteiger partial charge on any atom is 0.127 e. The molecule has 3 N–H and O–H groups in total. The summed E-state index contributed by atoms with van der Waals surface area (Å²) in [7, 11) is 0. The third-order valence-corrected chi connectivity index (χ3v) is 3.33. The van der Waals surface area contributed by atoms with Gasteiger partial charge < -0.3 is 15.6 Å². The van der Waals surface area contributed by atoms with Crippen LogP contribution in [0.2, 0.25) is 0 Å². The lowest BCUT2D eigenvalue weighted by Crippen LogP contribution is -2.29. The topological polar surface area (TPSA) is 55.5 Å². The highest BCUT2D eigenvalue weighted by molar-refractivity contribution is 5.35. The fraction of sp³-hybridized carbons (Fsp3) is 0.333. The second-order valence-electron chi connectivity index (χ2n) is 5.73. The number of aliphatic hydroxyl groups excluding tert-OH is 1. The molecular weight excluding hydrogens is 262 g/mol. The van der Waals surface area contributed by atoms with Crippen molar-refractivity contribution in [2.75, 3.05) is 0 Å². The van der Waals surface area contributed by atoms with E-state index >= 15 is 0 Å². The summed E-state index contributed by atoms with van der Waals surface area (Å²) in [5.74, 6) is 1.93. The Labute approximate surface area is 126 Å². The minimum absolute atomic E-state index is 0.267. The van der Waals surface area contributed by atoms with Crippen LogP contribution in [0.1, 0.15) is 31.9 Å². The van der Waals surface area contributed by atoms with Crippen LogP contribution in [-0.4, -0.2) is 11.1 Å². The third-order valence-electron chi connectivity index (χ3n) is 3.33. The monoisotopic (exact) mass is 285 g/mol. The van der Waals surface area contributed by atoms with Gasteiger partial charge in [-0.2, -0.15) is 0 Å². The zero-order valence-electron chi connectivity index (χ0n) is 12.6. The Kier molecular flexibility index (Phi) is 5.37. The van der Waals surface area contributed by atoms with E-state index in [0.717, 1.165) is 17.7 Å². The lowest BCUT2D eigenvalue weighted by atomic mass is 9.95. The molecule has 3 nitrogen and oxygen atoms in total. The van der Waals surface area contributed by atoms with Crippen LogP contribution in [0.4, 0.5) is 0 Å². The summed E-state index contributed by atoms with van der Waals surface area (Å²) in [5, 5.41) is 10.3. The molecule has 0 aromatic heterocycles. The highest BCUT2D eigenvalue weighted by Crippen LogP contribution is 2.26. The average Bonchev–Trinajstić information content (AvgIpc) is 2.47. The van der Waals surface area contributed by atoms with Crippen molar-refractivity contribution in [2.24, 2.45) is 11.7 Å². The highest BCUT2D eigenvalue weighted by atomic mass is 16.5. The van der Waals surface area contributed by atoms with E-state index in [9.17, 15) is 5.11 Å². The molecule has 0 saturated carbocycles. The number of aliphatic hydroxyl groups is 1. The minimum atomic E-state index is -0.674. The van der Waals surface area contributed by atoms with E-state index in [0.29, 0.717) is 11.7 Å². The van der Waals surface area contributed by atoms with Gasteiger partial charge >= 0.3 is 0 Å². The SMILES string of the molecule is CC(C)CC(N)C(O)c1cccc(Oc2ccccc2)c1. The first-order valence-corrected chi connectivity index (χ1v) is 7.33. The number of benzene rings is 2. The van der Waals surface area contributed by atoms with Crippen molar-refractivity contribution in [1.82, 2.24) is 0 Å². The van der Waals surface area contributed by atoms with Gasteiger partial charge in [0.05, 0.1) is 6.10 Å². The summed E-state index contributed by atoms with van der Waals surface area (Å²) in [5.41, 5.74) is 6.85. The van der Waals surface area contributed by atoms with Gasteiger partial charge in [0, 0.05) is 6.04 Å². The molecule has 112 valence electrons. The maximum absolute atomic E-state index is 10.3. The van der Waals surface area contributed by atoms with Gasteiger partial charge in [-0.3, -0.25) is 0 Å². The molecule has 0 heterocycles. The van der Waals surface area contributed by atoms with E-state index in [4.69, 9.17) is 10.5 Å². The van der Waals surface area contributed by atoms with Crippen LogP contribution in [0.5, 0.6) is 11.5 Å². The number of nitrogens with two attached hydrogens (primary N) is 1. The zero-order chi connectivity index (χ0) is 15.2. The van der Waals surface area contributed by atoms with Crippen LogP contribution < -0.4 is 10.5 Å². The van der Waals surface area contributed by atoms with Crippen molar-refractivity contribution in [3.05, 3.63) is 60.2 Å². The van der Waals surface area contributed by atoms with E-state index in [2.05, 4.69) is 13.8 Å². The molecule has 2 aromatic carbocycles. The zero-order valence-corrected chi connectivity index (χ0v) is 12.6. The van der Waals surface area contributed by atoms with Gasteiger partial charge in [-0.05, 0) is 42.2 Å². The number of ether oxygens (including phenoxy) is 1. The summed E-state index contributed by atoms with van der Waals surface area (Å²) in [6.07, 6.45) is 0.108. The molecular formula is C18H23NO2. The molecule has 2 unspecified atom stereocenters. The van der Waals surface area contributed by atoms with Gasteiger partial charge in [0.15, 0.2) is 0 Å². The largest absolute Gasteiger partial charge is 0.457 e. The van der Waals surface area contributed by atoms with Crippen molar-refractivity contribution >= 4 is 0 Å². The number of rotatable bonds is 6. The van der Waals surface area contributed by atoms with Crippen LogP contribution in [0, 0.1) is 5.92 Å². The average molecular weight is 285 g/mol. The third kappa shape index (κ3) is 4.59. The summed E-state index contributed by atoms with van der Waals surface area (Å²) in [6.45, 7) is 4.20. The van der Waals surface area contributed by atoms with Crippen molar-refractivity contribution in [3.63, 3.8) is 0 Å². The van der Waals surface area contributed by atoms with E-state index in [-0.39, 0.29) is 6.04 Å². The molecule has 0 bridgehead atoms. The van der Waals surface area contributed by atoms with Crippen molar-refractivity contribution in [1.29, 1.82) is 0 Å². The molecule has 0 aliphatic carbocycles. The molecule has 0 fully saturated rings. The molecule has 21 heavy (non-hydrogen) atoms.